The Morgan fingerprint density at radius 1 is 1.10 bits per heavy atom. The fourth-order valence-corrected chi connectivity index (χ4v) is 3.32. The van der Waals surface area contributed by atoms with Gasteiger partial charge in [0.25, 0.3) is 0 Å². The Bertz CT molecular complexity index is 1070. The van der Waals surface area contributed by atoms with Crippen LogP contribution in [0.15, 0.2) is 72.3 Å². The third-order valence-electron chi connectivity index (χ3n) is 4.68. The number of fused-ring (bicyclic) bond motifs is 1. The average molecular weight is 423 g/mol. The van der Waals surface area contributed by atoms with Crippen LogP contribution in [0.2, 0.25) is 5.02 Å². The second-order valence-electron chi connectivity index (χ2n) is 7.98. The highest BCUT2D eigenvalue weighted by Crippen LogP contribution is 2.37. The van der Waals surface area contributed by atoms with E-state index >= 15 is 0 Å². The Kier molecular flexibility index (Phi) is 6.28. The summed E-state index contributed by atoms with van der Waals surface area (Å²) < 4.78 is 6.00. The lowest BCUT2D eigenvalue weighted by Gasteiger charge is -2.18. The van der Waals surface area contributed by atoms with Gasteiger partial charge < -0.3 is 9.84 Å². The van der Waals surface area contributed by atoms with Crippen molar-refractivity contribution >= 4 is 28.9 Å². The van der Waals surface area contributed by atoms with Crippen molar-refractivity contribution in [3.8, 4) is 5.75 Å². The molecule has 0 radical (unpaired) electrons. The molecule has 5 heteroatoms. The summed E-state index contributed by atoms with van der Waals surface area (Å²) in [4.78, 5) is 23.9. The van der Waals surface area contributed by atoms with Gasteiger partial charge in [0.15, 0.2) is 5.78 Å². The summed E-state index contributed by atoms with van der Waals surface area (Å²) in [6.45, 7) is 6.34. The van der Waals surface area contributed by atoms with Gasteiger partial charge in [0.2, 0.25) is 0 Å². The fraction of sp³-hybridized carbons (Fsp3) is 0.200. The van der Waals surface area contributed by atoms with Crippen LogP contribution in [0.3, 0.4) is 0 Å². The molecule has 0 amide bonds. The van der Waals surface area contributed by atoms with E-state index in [9.17, 15) is 9.59 Å². The highest BCUT2D eigenvalue weighted by molar-refractivity contribution is 6.30. The zero-order valence-corrected chi connectivity index (χ0v) is 17.9. The topological polar surface area (TPSA) is 63.6 Å². The van der Waals surface area contributed by atoms with Crippen molar-refractivity contribution < 1.29 is 19.4 Å². The first-order chi connectivity index (χ1) is 14.1. The zero-order valence-electron chi connectivity index (χ0n) is 17.1. The maximum absolute atomic E-state index is 13.0. The molecule has 30 heavy (non-hydrogen) atoms. The van der Waals surface area contributed by atoms with Crippen LogP contribution in [0, 0.1) is 5.41 Å². The van der Waals surface area contributed by atoms with Crippen molar-refractivity contribution in [3.63, 3.8) is 0 Å². The third kappa shape index (κ3) is 5.28. The molecule has 0 fully saturated rings. The van der Waals surface area contributed by atoms with E-state index in [-0.39, 0.29) is 11.2 Å². The number of benzene rings is 2. The van der Waals surface area contributed by atoms with E-state index in [0.717, 1.165) is 17.2 Å². The second-order valence-corrected chi connectivity index (χ2v) is 8.42. The van der Waals surface area contributed by atoms with Crippen molar-refractivity contribution in [3.05, 3.63) is 94.1 Å². The Morgan fingerprint density at radius 2 is 1.77 bits per heavy atom. The lowest BCUT2D eigenvalue weighted by Crippen LogP contribution is -2.17. The first-order valence-corrected chi connectivity index (χ1v) is 9.92. The van der Waals surface area contributed by atoms with Crippen LogP contribution in [0.5, 0.6) is 5.75 Å². The quantitative estimate of drug-likeness (QED) is 0.367. The van der Waals surface area contributed by atoms with Crippen molar-refractivity contribution in [2.24, 2.45) is 5.41 Å². The summed E-state index contributed by atoms with van der Waals surface area (Å²) in [6, 6.07) is 12.2. The van der Waals surface area contributed by atoms with Crippen LogP contribution in [-0.4, -0.2) is 23.5 Å². The Morgan fingerprint density at radius 3 is 2.43 bits per heavy atom. The number of ketones is 1. The van der Waals surface area contributed by atoms with Gasteiger partial charge in [0.1, 0.15) is 5.75 Å². The maximum Gasteiger partial charge on any atom is 0.328 e. The van der Waals surface area contributed by atoms with E-state index in [1.807, 2.05) is 18.2 Å². The van der Waals surface area contributed by atoms with E-state index in [2.05, 4.69) is 19.9 Å². The highest BCUT2D eigenvalue weighted by Gasteiger charge is 2.24. The van der Waals surface area contributed by atoms with Crippen LogP contribution in [0.1, 0.15) is 42.3 Å². The van der Waals surface area contributed by atoms with Gasteiger partial charge in [-0.05, 0) is 60.5 Å². The molecule has 0 saturated carbocycles. The summed E-state index contributed by atoms with van der Waals surface area (Å²) >= 11 is 5.93. The van der Waals surface area contributed by atoms with Gasteiger partial charge >= 0.3 is 5.97 Å². The monoisotopic (exact) mass is 422 g/mol. The van der Waals surface area contributed by atoms with E-state index in [1.54, 1.807) is 43.3 Å². The minimum Gasteiger partial charge on any atom is -0.492 e. The van der Waals surface area contributed by atoms with Gasteiger partial charge in [-0.2, -0.15) is 0 Å². The van der Waals surface area contributed by atoms with Gasteiger partial charge in [0, 0.05) is 33.2 Å². The van der Waals surface area contributed by atoms with Crippen molar-refractivity contribution in [1.82, 2.24) is 0 Å². The van der Waals surface area contributed by atoms with Crippen LogP contribution in [0.4, 0.5) is 0 Å². The van der Waals surface area contributed by atoms with Crippen LogP contribution < -0.4 is 4.74 Å². The predicted octanol–water partition coefficient (Wildman–Crippen LogP) is 5.96. The molecule has 154 valence electrons. The van der Waals surface area contributed by atoms with Crippen molar-refractivity contribution in [2.75, 3.05) is 6.61 Å². The number of allylic oxidation sites excluding steroid dienone is 4. The van der Waals surface area contributed by atoms with E-state index in [1.165, 1.54) is 0 Å². The maximum atomic E-state index is 13.0. The number of ether oxygens (including phenoxy) is 1. The van der Waals surface area contributed by atoms with Gasteiger partial charge in [-0.1, -0.05) is 43.7 Å². The molecule has 2 aromatic rings. The summed E-state index contributed by atoms with van der Waals surface area (Å²) in [7, 11) is 0. The van der Waals surface area contributed by atoms with Crippen LogP contribution in [-0.2, 0) is 4.79 Å². The fourth-order valence-electron chi connectivity index (χ4n) is 3.20. The summed E-state index contributed by atoms with van der Waals surface area (Å²) in [5.74, 6) is -0.417. The lowest BCUT2D eigenvalue weighted by atomic mass is 9.89. The minimum atomic E-state index is -0.994. The Balaban J connectivity index is 2.04. The second kappa shape index (κ2) is 8.72. The molecule has 2 aromatic carbocycles. The van der Waals surface area contributed by atoms with Crippen molar-refractivity contribution in [1.29, 1.82) is 0 Å². The van der Waals surface area contributed by atoms with Crippen LogP contribution in [0.25, 0.3) is 5.57 Å². The van der Waals surface area contributed by atoms with Gasteiger partial charge in [0.05, 0.1) is 6.61 Å². The molecule has 1 N–H and O–H groups in total. The van der Waals surface area contributed by atoms with Gasteiger partial charge in [-0.15, -0.1) is 0 Å². The minimum absolute atomic E-state index is 0.108. The molecule has 0 aromatic heterocycles. The third-order valence-corrected chi connectivity index (χ3v) is 4.93. The first kappa shape index (κ1) is 21.6. The number of halogens is 1. The molecule has 0 atom stereocenters. The number of aliphatic carboxylic acids is 1. The number of hydrogen-bond donors (Lipinski definition) is 1. The normalized spacial score (nSPS) is 15.7. The molecule has 3 rings (SSSR count). The molecular formula is C25H23ClO4. The summed E-state index contributed by atoms with van der Waals surface area (Å²) in [6.07, 6.45) is 6.84. The molecule has 0 aliphatic carbocycles. The van der Waals surface area contributed by atoms with E-state index in [4.69, 9.17) is 21.4 Å². The molecule has 1 aliphatic heterocycles. The number of carbonyl (C=O) groups excluding carboxylic acids is 1. The molecule has 0 saturated heterocycles. The van der Waals surface area contributed by atoms with Crippen molar-refractivity contribution in [2.45, 2.75) is 20.8 Å². The Hall–Kier alpha value is -3.11. The van der Waals surface area contributed by atoms with E-state index in [0.29, 0.717) is 34.1 Å². The van der Waals surface area contributed by atoms with Gasteiger partial charge in [-0.25, -0.2) is 4.79 Å². The molecule has 0 spiro atoms. The highest BCUT2D eigenvalue weighted by atomic mass is 35.5. The molecule has 4 nitrogen and oxygen atoms in total. The number of carbonyl (C=O) groups is 2. The number of rotatable bonds is 5. The standard InChI is InChI=1S/C25H23ClO4/c1-16(12-23(27)28)4-5-19-14-25(2,3)15-30-22-11-8-18(13-21(19)22)24(29)17-6-9-20(26)10-7-17/h4-14H,15H2,1-3H3,(H,27,28)/b5-4+,16-12+. The molecule has 0 unspecified atom stereocenters. The number of carboxylic acids is 1. The number of hydrogen-bond acceptors (Lipinski definition) is 3. The molecule has 0 bridgehead atoms. The average Bonchev–Trinajstić information content (AvgIpc) is 2.81. The lowest BCUT2D eigenvalue weighted by molar-refractivity contribution is -0.131. The molecule has 1 heterocycles. The summed E-state index contributed by atoms with van der Waals surface area (Å²) in [5.41, 5.74) is 3.13. The summed E-state index contributed by atoms with van der Waals surface area (Å²) in [5, 5.41) is 9.51. The first-order valence-electron chi connectivity index (χ1n) is 9.54. The van der Waals surface area contributed by atoms with Gasteiger partial charge in [-0.3, -0.25) is 4.79 Å². The largest absolute Gasteiger partial charge is 0.492 e. The zero-order chi connectivity index (χ0) is 21.9. The molecule has 1 aliphatic rings. The predicted molar refractivity (Wildman–Crippen MR) is 119 cm³/mol. The smallest absolute Gasteiger partial charge is 0.328 e. The molecular weight excluding hydrogens is 400 g/mol. The SMILES string of the molecule is CC(/C=C/C1=CC(C)(C)COc2ccc(C(=O)c3ccc(Cl)cc3)cc21)=C\C(=O)O. The van der Waals surface area contributed by atoms with Crippen LogP contribution >= 0.6 is 11.6 Å². The van der Waals surface area contributed by atoms with E-state index < -0.39 is 5.97 Å². The Labute approximate surface area is 181 Å². The number of carboxylic acid groups (broad SMARTS) is 1.